The molecule has 3 rings (SSSR count). The van der Waals surface area contributed by atoms with Crippen molar-refractivity contribution < 1.29 is 9.13 Å². The normalized spacial score (nSPS) is 13.3. The lowest BCUT2D eigenvalue weighted by molar-refractivity contribution is 0.357. The van der Waals surface area contributed by atoms with Crippen LogP contribution in [-0.4, -0.2) is 16.6 Å². The second-order valence-electron chi connectivity index (χ2n) is 4.16. The van der Waals surface area contributed by atoms with Gasteiger partial charge >= 0.3 is 0 Å². The minimum Gasteiger partial charge on any atom is -0.493 e. The molecule has 92 valence electrons. The van der Waals surface area contributed by atoms with Crippen molar-refractivity contribution in [3.8, 4) is 17.1 Å². The van der Waals surface area contributed by atoms with Gasteiger partial charge in [0.15, 0.2) is 16.8 Å². The number of ether oxygens (including phenoxy) is 1. The van der Waals surface area contributed by atoms with Crippen molar-refractivity contribution in [1.29, 1.82) is 0 Å². The second-order valence-corrected chi connectivity index (χ2v) is 4.52. The Bertz CT molecular complexity index is 607. The summed E-state index contributed by atoms with van der Waals surface area (Å²) in [5.74, 6) is 0.766. The van der Waals surface area contributed by atoms with Crippen LogP contribution in [-0.2, 0) is 6.42 Å². The van der Waals surface area contributed by atoms with E-state index in [2.05, 4.69) is 9.97 Å². The van der Waals surface area contributed by atoms with E-state index in [1.165, 1.54) is 0 Å². The summed E-state index contributed by atoms with van der Waals surface area (Å²) in [6.45, 7) is 2.27. The number of halogens is 2. The van der Waals surface area contributed by atoms with Crippen LogP contribution in [0.25, 0.3) is 11.4 Å². The Hall–Kier alpha value is -1.68. The fourth-order valence-electron chi connectivity index (χ4n) is 1.98. The van der Waals surface area contributed by atoms with Crippen molar-refractivity contribution in [2.24, 2.45) is 0 Å². The molecule has 2 heterocycles. The van der Waals surface area contributed by atoms with Crippen LogP contribution in [0.1, 0.15) is 11.3 Å². The molecule has 0 unspecified atom stereocenters. The Kier molecular flexibility index (Phi) is 2.67. The zero-order chi connectivity index (χ0) is 12.7. The number of fused-ring (bicyclic) bond motifs is 1. The molecule has 0 atom stereocenters. The summed E-state index contributed by atoms with van der Waals surface area (Å²) in [6, 6.07) is 5.70. The van der Waals surface area contributed by atoms with E-state index in [0.29, 0.717) is 12.4 Å². The molecule has 0 bridgehead atoms. The van der Waals surface area contributed by atoms with Gasteiger partial charge < -0.3 is 4.74 Å². The Balaban J connectivity index is 2.10. The molecule has 18 heavy (non-hydrogen) atoms. The Morgan fingerprint density at radius 1 is 1.33 bits per heavy atom. The Labute approximate surface area is 109 Å². The summed E-state index contributed by atoms with van der Waals surface area (Å²) in [7, 11) is 0. The number of rotatable bonds is 1. The highest BCUT2D eigenvalue weighted by molar-refractivity contribution is 6.29. The zero-order valence-electron chi connectivity index (χ0n) is 9.70. The van der Waals surface area contributed by atoms with Crippen molar-refractivity contribution in [3.05, 3.63) is 40.4 Å². The van der Waals surface area contributed by atoms with Gasteiger partial charge in [0, 0.05) is 12.0 Å². The summed E-state index contributed by atoms with van der Waals surface area (Å²) in [5, 5.41) is -0.144. The standard InChI is InChI=1S/C13H10ClFN2O/c1-7-11(15)12(14)17-13(16-7)9-2-3-10-8(6-9)4-5-18-10/h2-3,6H,4-5H2,1H3. The molecule has 1 aromatic heterocycles. The van der Waals surface area contributed by atoms with Crippen LogP contribution >= 0.6 is 11.6 Å². The fraction of sp³-hybridized carbons (Fsp3) is 0.231. The molecule has 0 fully saturated rings. The molecule has 1 aliphatic rings. The maximum Gasteiger partial charge on any atom is 0.181 e. The number of benzene rings is 1. The van der Waals surface area contributed by atoms with E-state index in [4.69, 9.17) is 16.3 Å². The molecule has 1 aliphatic heterocycles. The van der Waals surface area contributed by atoms with E-state index >= 15 is 0 Å². The maximum atomic E-state index is 13.4. The van der Waals surface area contributed by atoms with E-state index < -0.39 is 5.82 Å². The SMILES string of the molecule is Cc1nc(-c2ccc3c(c2)CCO3)nc(Cl)c1F. The lowest BCUT2D eigenvalue weighted by Crippen LogP contribution is -1.97. The number of hydrogen-bond donors (Lipinski definition) is 0. The van der Waals surface area contributed by atoms with Gasteiger partial charge in [-0.1, -0.05) is 11.6 Å². The summed E-state index contributed by atoms with van der Waals surface area (Å²) >= 11 is 5.74. The summed E-state index contributed by atoms with van der Waals surface area (Å²) in [4.78, 5) is 8.09. The van der Waals surface area contributed by atoms with E-state index in [1.54, 1.807) is 6.92 Å². The van der Waals surface area contributed by atoms with Gasteiger partial charge in [-0.15, -0.1) is 0 Å². The lowest BCUT2D eigenvalue weighted by atomic mass is 10.1. The van der Waals surface area contributed by atoms with Crippen LogP contribution in [0.5, 0.6) is 5.75 Å². The topological polar surface area (TPSA) is 35.0 Å². The third-order valence-electron chi connectivity index (χ3n) is 2.92. The van der Waals surface area contributed by atoms with Crippen molar-refractivity contribution in [3.63, 3.8) is 0 Å². The molecule has 1 aromatic carbocycles. The minimum absolute atomic E-state index is 0.144. The molecule has 2 aromatic rings. The second kappa shape index (κ2) is 4.21. The van der Waals surface area contributed by atoms with Crippen LogP contribution in [0.3, 0.4) is 0 Å². The van der Waals surface area contributed by atoms with Crippen molar-refractivity contribution >= 4 is 11.6 Å². The minimum atomic E-state index is -0.565. The van der Waals surface area contributed by atoms with Gasteiger partial charge in [0.2, 0.25) is 0 Å². The van der Waals surface area contributed by atoms with E-state index in [1.807, 2.05) is 18.2 Å². The van der Waals surface area contributed by atoms with Crippen molar-refractivity contribution in [2.75, 3.05) is 6.61 Å². The van der Waals surface area contributed by atoms with Gasteiger partial charge in [-0.3, -0.25) is 0 Å². The monoisotopic (exact) mass is 264 g/mol. The highest BCUT2D eigenvalue weighted by atomic mass is 35.5. The first-order chi connectivity index (χ1) is 8.65. The summed E-state index contributed by atoms with van der Waals surface area (Å²) in [6.07, 6.45) is 0.872. The highest BCUT2D eigenvalue weighted by Crippen LogP contribution is 2.30. The van der Waals surface area contributed by atoms with Crippen molar-refractivity contribution in [2.45, 2.75) is 13.3 Å². The third-order valence-corrected chi connectivity index (χ3v) is 3.17. The summed E-state index contributed by atoms with van der Waals surface area (Å²) < 4.78 is 18.8. The van der Waals surface area contributed by atoms with E-state index in [9.17, 15) is 4.39 Å². The first-order valence-electron chi connectivity index (χ1n) is 5.61. The van der Waals surface area contributed by atoms with Crippen LogP contribution in [0.4, 0.5) is 4.39 Å². The Morgan fingerprint density at radius 2 is 2.17 bits per heavy atom. The van der Waals surface area contributed by atoms with Gasteiger partial charge in [0.1, 0.15) is 5.75 Å². The molecule has 0 saturated carbocycles. The van der Waals surface area contributed by atoms with E-state index in [0.717, 1.165) is 23.3 Å². The molecule has 3 nitrogen and oxygen atoms in total. The fourth-order valence-corrected chi connectivity index (χ4v) is 2.20. The van der Waals surface area contributed by atoms with Gasteiger partial charge in [-0.05, 0) is 30.7 Å². The predicted octanol–water partition coefficient (Wildman–Crippen LogP) is 3.18. The predicted molar refractivity (Wildman–Crippen MR) is 66.4 cm³/mol. The van der Waals surface area contributed by atoms with Crippen LogP contribution in [0.15, 0.2) is 18.2 Å². The molecule has 0 radical (unpaired) electrons. The van der Waals surface area contributed by atoms with Crippen LogP contribution in [0, 0.1) is 12.7 Å². The first kappa shape index (κ1) is 11.4. The van der Waals surface area contributed by atoms with Gasteiger partial charge in [0.05, 0.1) is 12.3 Å². The van der Waals surface area contributed by atoms with Crippen LogP contribution in [0.2, 0.25) is 5.15 Å². The van der Waals surface area contributed by atoms with Gasteiger partial charge in [0.25, 0.3) is 0 Å². The molecular weight excluding hydrogens is 255 g/mol. The smallest absolute Gasteiger partial charge is 0.181 e. The maximum absolute atomic E-state index is 13.4. The number of nitrogens with zero attached hydrogens (tertiary/aromatic N) is 2. The molecular formula is C13H10ClFN2O. The van der Waals surface area contributed by atoms with Crippen LogP contribution < -0.4 is 4.74 Å². The molecule has 0 saturated heterocycles. The number of hydrogen-bond acceptors (Lipinski definition) is 3. The molecule has 0 N–H and O–H groups in total. The van der Waals surface area contributed by atoms with E-state index in [-0.39, 0.29) is 10.8 Å². The molecule has 0 aliphatic carbocycles. The van der Waals surface area contributed by atoms with Gasteiger partial charge in [-0.2, -0.15) is 0 Å². The molecule has 0 amide bonds. The molecule has 5 heteroatoms. The zero-order valence-corrected chi connectivity index (χ0v) is 10.5. The Morgan fingerprint density at radius 3 is 2.94 bits per heavy atom. The van der Waals surface area contributed by atoms with Gasteiger partial charge in [-0.25, -0.2) is 14.4 Å². The number of aryl methyl sites for hydroxylation is 1. The number of aromatic nitrogens is 2. The average Bonchev–Trinajstić information content (AvgIpc) is 2.82. The first-order valence-corrected chi connectivity index (χ1v) is 5.98. The average molecular weight is 265 g/mol. The van der Waals surface area contributed by atoms with Crippen molar-refractivity contribution in [1.82, 2.24) is 9.97 Å². The lowest BCUT2D eigenvalue weighted by Gasteiger charge is -2.05. The quantitative estimate of drug-likeness (QED) is 0.742. The largest absolute Gasteiger partial charge is 0.493 e. The highest BCUT2D eigenvalue weighted by Gasteiger charge is 2.15. The third kappa shape index (κ3) is 1.82. The summed E-state index contributed by atoms with van der Waals surface area (Å²) in [5.41, 5.74) is 2.19. The molecule has 0 spiro atoms.